The molecule has 0 spiro atoms. The van der Waals surface area contributed by atoms with Crippen molar-refractivity contribution < 1.29 is 0 Å². The third-order valence-corrected chi connectivity index (χ3v) is 4.91. The van der Waals surface area contributed by atoms with Gasteiger partial charge in [0.05, 0.1) is 11.6 Å². The minimum Gasteiger partial charge on any atom is -0.309 e. The molecule has 3 rings (SSSR count). The van der Waals surface area contributed by atoms with E-state index in [0.717, 1.165) is 22.7 Å². The first-order valence-electron chi connectivity index (χ1n) is 7.60. The van der Waals surface area contributed by atoms with Gasteiger partial charge < -0.3 is 4.57 Å². The minimum atomic E-state index is 0.470. The SMILES string of the molecule is Cc1nn(C)c2c1nc(CCl)n2C1CCCCCC1C. The number of nitrogens with zero attached hydrogens (tertiary/aromatic N) is 4. The summed E-state index contributed by atoms with van der Waals surface area (Å²) in [5.74, 6) is 2.14. The molecule has 0 aliphatic heterocycles. The van der Waals surface area contributed by atoms with E-state index < -0.39 is 0 Å². The lowest BCUT2D eigenvalue weighted by Gasteiger charge is -2.25. The largest absolute Gasteiger partial charge is 0.309 e. The topological polar surface area (TPSA) is 35.6 Å². The smallest absolute Gasteiger partial charge is 0.158 e. The fraction of sp³-hybridized carbons (Fsp3) is 0.733. The molecule has 4 nitrogen and oxygen atoms in total. The predicted molar refractivity (Wildman–Crippen MR) is 82.1 cm³/mol. The van der Waals surface area contributed by atoms with Crippen LogP contribution in [0.5, 0.6) is 0 Å². The third-order valence-electron chi connectivity index (χ3n) is 4.68. The van der Waals surface area contributed by atoms with E-state index in [1.165, 1.54) is 32.1 Å². The van der Waals surface area contributed by atoms with Crippen LogP contribution in [0, 0.1) is 12.8 Å². The van der Waals surface area contributed by atoms with Crippen LogP contribution in [-0.4, -0.2) is 19.3 Å². The molecule has 2 atom stereocenters. The van der Waals surface area contributed by atoms with Crippen LogP contribution >= 0.6 is 11.6 Å². The number of fused-ring (bicyclic) bond motifs is 1. The first-order valence-corrected chi connectivity index (χ1v) is 8.13. The van der Waals surface area contributed by atoms with E-state index in [4.69, 9.17) is 16.6 Å². The molecule has 0 bridgehead atoms. The van der Waals surface area contributed by atoms with E-state index in [2.05, 4.69) is 16.6 Å². The third kappa shape index (κ3) is 2.14. The van der Waals surface area contributed by atoms with Gasteiger partial charge in [-0.1, -0.05) is 26.2 Å². The summed E-state index contributed by atoms with van der Waals surface area (Å²) in [6.45, 7) is 4.39. The Morgan fingerprint density at radius 1 is 1.25 bits per heavy atom. The summed E-state index contributed by atoms with van der Waals surface area (Å²) in [4.78, 5) is 4.74. The molecule has 0 N–H and O–H groups in total. The van der Waals surface area contributed by atoms with Crippen molar-refractivity contribution in [2.75, 3.05) is 0 Å². The van der Waals surface area contributed by atoms with E-state index in [1.54, 1.807) is 0 Å². The molecule has 0 amide bonds. The Bertz CT molecular complexity index is 613. The zero-order valence-corrected chi connectivity index (χ0v) is 13.3. The van der Waals surface area contributed by atoms with Crippen molar-refractivity contribution >= 4 is 22.8 Å². The Kier molecular flexibility index (Phi) is 3.76. The van der Waals surface area contributed by atoms with Crippen molar-refractivity contribution in [3.63, 3.8) is 0 Å². The van der Waals surface area contributed by atoms with Gasteiger partial charge in [0, 0.05) is 13.1 Å². The van der Waals surface area contributed by atoms with E-state index in [0.29, 0.717) is 17.8 Å². The van der Waals surface area contributed by atoms with Crippen molar-refractivity contribution in [1.29, 1.82) is 0 Å². The average Bonchev–Trinajstić information content (AvgIpc) is 2.84. The van der Waals surface area contributed by atoms with Crippen LogP contribution in [-0.2, 0) is 12.9 Å². The van der Waals surface area contributed by atoms with Gasteiger partial charge in [-0.05, 0) is 25.7 Å². The van der Waals surface area contributed by atoms with Gasteiger partial charge in [0.25, 0.3) is 0 Å². The molecule has 1 saturated carbocycles. The monoisotopic (exact) mass is 294 g/mol. The summed E-state index contributed by atoms with van der Waals surface area (Å²) in [5.41, 5.74) is 3.14. The van der Waals surface area contributed by atoms with Crippen molar-refractivity contribution in [3.05, 3.63) is 11.5 Å². The molecule has 1 aliphatic rings. The fourth-order valence-electron chi connectivity index (χ4n) is 3.64. The molecular formula is C15H23ClN4. The number of rotatable bonds is 2. The molecule has 5 heteroatoms. The van der Waals surface area contributed by atoms with E-state index in [-0.39, 0.29) is 0 Å². The van der Waals surface area contributed by atoms with Gasteiger partial charge in [0.2, 0.25) is 0 Å². The van der Waals surface area contributed by atoms with Gasteiger partial charge in [-0.15, -0.1) is 11.6 Å². The molecule has 20 heavy (non-hydrogen) atoms. The molecule has 110 valence electrons. The summed E-state index contributed by atoms with van der Waals surface area (Å²) in [6, 6.07) is 0.506. The van der Waals surface area contributed by atoms with Gasteiger partial charge in [-0.2, -0.15) is 5.10 Å². The van der Waals surface area contributed by atoms with E-state index in [1.807, 2.05) is 18.7 Å². The lowest BCUT2D eigenvalue weighted by molar-refractivity contribution is 0.331. The highest BCUT2D eigenvalue weighted by Crippen LogP contribution is 2.36. The number of aromatic nitrogens is 4. The van der Waals surface area contributed by atoms with E-state index in [9.17, 15) is 0 Å². The Hall–Kier alpha value is -1.03. The highest BCUT2D eigenvalue weighted by molar-refractivity contribution is 6.16. The number of hydrogen-bond donors (Lipinski definition) is 0. The summed E-state index contributed by atoms with van der Waals surface area (Å²) >= 11 is 6.16. The van der Waals surface area contributed by atoms with Crippen LogP contribution < -0.4 is 0 Å². The second-order valence-corrected chi connectivity index (χ2v) is 6.36. The van der Waals surface area contributed by atoms with Gasteiger partial charge in [-0.3, -0.25) is 4.68 Å². The number of alkyl halides is 1. The maximum Gasteiger partial charge on any atom is 0.158 e. The lowest BCUT2D eigenvalue weighted by atomic mass is 9.96. The zero-order valence-electron chi connectivity index (χ0n) is 12.6. The number of aryl methyl sites for hydroxylation is 2. The molecule has 2 aromatic heterocycles. The Morgan fingerprint density at radius 2 is 2.00 bits per heavy atom. The predicted octanol–water partition coefficient (Wildman–Crippen LogP) is 3.96. The summed E-state index contributed by atoms with van der Waals surface area (Å²) in [6.07, 6.45) is 6.51. The second kappa shape index (κ2) is 5.40. The van der Waals surface area contributed by atoms with Crippen molar-refractivity contribution in [2.45, 2.75) is 57.9 Å². The first-order chi connectivity index (χ1) is 9.63. The highest BCUT2D eigenvalue weighted by Gasteiger charge is 2.27. The van der Waals surface area contributed by atoms with Gasteiger partial charge >= 0.3 is 0 Å². The van der Waals surface area contributed by atoms with Gasteiger partial charge in [-0.25, -0.2) is 4.98 Å². The standard InChI is InChI=1S/C15H23ClN4/c1-10-7-5-4-6-8-12(10)20-13(9-16)17-14-11(2)18-19(3)15(14)20/h10,12H,4-9H2,1-3H3. The summed E-state index contributed by atoms with van der Waals surface area (Å²) in [7, 11) is 2.01. The Labute approximate surface area is 125 Å². The van der Waals surface area contributed by atoms with Crippen LogP contribution in [0.3, 0.4) is 0 Å². The minimum absolute atomic E-state index is 0.470. The van der Waals surface area contributed by atoms with Gasteiger partial charge in [0.1, 0.15) is 11.3 Å². The quantitative estimate of drug-likeness (QED) is 0.621. The highest BCUT2D eigenvalue weighted by atomic mass is 35.5. The van der Waals surface area contributed by atoms with Gasteiger partial charge in [0.15, 0.2) is 5.65 Å². The van der Waals surface area contributed by atoms with Crippen LogP contribution in [0.15, 0.2) is 0 Å². The average molecular weight is 295 g/mol. The number of hydrogen-bond acceptors (Lipinski definition) is 2. The summed E-state index contributed by atoms with van der Waals surface area (Å²) < 4.78 is 4.34. The number of halogens is 1. The molecule has 2 unspecified atom stereocenters. The first kappa shape index (κ1) is 13.9. The normalized spacial score (nSPS) is 24.2. The van der Waals surface area contributed by atoms with Crippen molar-refractivity contribution in [3.8, 4) is 0 Å². The molecule has 1 aliphatic carbocycles. The molecule has 2 aromatic rings. The van der Waals surface area contributed by atoms with Crippen molar-refractivity contribution in [2.24, 2.45) is 13.0 Å². The van der Waals surface area contributed by atoms with Crippen molar-refractivity contribution in [1.82, 2.24) is 19.3 Å². The zero-order chi connectivity index (χ0) is 14.3. The van der Waals surface area contributed by atoms with Crippen LogP contribution in [0.25, 0.3) is 11.2 Å². The lowest BCUT2D eigenvalue weighted by Crippen LogP contribution is -2.19. The molecular weight excluding hydrogens is 272 g/mol. The van der Waals surface area contributed by atoms with Crippen LogP contribution in [0.1, 0.15) is 56.6 Å². The fourth-order valence-corrected chi connectivity index (χ4v) is 3.83. The molecule has 2 heterocycles. The maximum absolute atomic E-state index is 6.16. The molecule has 0 aromatic carbocycles. The van der Waals surface area contributed by atoms with E-state index >= 15 is 0 Å². The maximum atomic E-state index is 6.16. The van der Waals surface area contributed by atoms with Crippen LogP contribution in [0.4, 0.5) is 0 Å². The van der Waals surface area contributed by atoms with Crippen LogP contribution in [0.2, 0.25) is 0 Å². The Morgan fingerprint density at radius 3 is 2.75 bits per heavy atom. The molecule has 0 radical (unpaired) electrons. The number of imidazole rings is 1. The molecule has 1 fully saturated rings. The molecule has 0 saturated heterocycles. The second-order valence-electron chi connectivity index (χ2n) is 6.10. The Balaban J connectivity index is 2.17. The summed E-state index contributed by atoms with van der Waals surface area (Å²) in [5, 5.41) is 4.52.